The first-order chi connectivity index (χ1) is 9.77. The minimum Gasteiger partial charge on any atom is -0.494 e. The lowest BCUT2D eigenvalue weighted by Crippen LogP contribution is -2.49. The number of hydrogen-bond acceptors (Lipinski definition) is 5. The summed E-state index contributed by atoms with van der Waals surface area (Å²) < 4.78 is 48.5. The quantitative estimate of drug-likeness (QED) is 0.704. The molecular formula is C12H11BF3NO4. The van der Waals surface area contributed by atoms with Gasteiger partial charge in [-0.25, -0.2) is 0 Å². The van der Waals surface area contributed by atoms with Gasteiger partial charge in [0.25, 0.3) is 0 Å². The maximum Gasteiger partial charge on any atom is 0.637 e. The highest BCUT2D eigenvalue weighted by Gasteiger charge is 2.42. The van der Waals surface area contributed by atoms with E-state index in [2.05, 4.69) is 0 Å². The minimum atomic E-state index is -4.64. The summed E-state index contributed by atoms with van der Waals surface area (Å²) >= 11 is 0. The molecule has 1 fully saturated rings. The number of nitrogens with zero attached hydrogens (tertiary/aromatic N) is 1. The van der Waals surface area contributed by atoms with Gasteiger partial charge in [-0.05, 0) is 7.05 Å². The van der Waals surface area contributed by atoms with Gasteiger partial charge in [0.1, 0.15) is 0 Å². The standard InChI is InChI=1S/C12H11BF3NO4/c1-17-6-10(18)20-13(21-11(19)7-17)9-5-3-2-4-8(9)12(14,15)16/h2-5H,6-7H2,1H3. The molecule has 1 aliphatic rings. The Labute approximate surface area is 118 Å². The lowest BCUT2D eigenvalue weighted by atomic mass is 9.75. The largest absolute Gasteiger partial charge is 0.637 e. The van der Waals surface area contributed by atoms with E-state index in [-0.39, 0.29) is 13.1 Å². The third-order valence-corrected chi connectivity index (χ3v) is 2.80. The van der Waals surface area contributed by atoms with Crippen LogP contribution in [-0.2, 0) is 25.1 Å². The molecule has 1 saturated heterocycles. The van der Waals surface area contributed by atoms with Gasteiger partial charge in [0.2, 0.25) is 0 Å². The summed E-state index contributed by atoms with van der Waals surface area (Å²) in [6, 6.07) is 4.49. The summed E-state index contributed by atoms with van der Waals surface area (Å²) in [5, 5.41) is 0. The first-order valence-electron chi connectivity index (χ1n) is 6.01. The number of carbonyl (C=O) groups is 2. The number of carbonyl (C=O) groups excluding carboxylic acids is 2. The molecule has 0 saturated carbocycles. The first kappa shape index (κ1) is 15.4. The lowest BCUT2D eigenvalue weighted by molar-refractivity contribution is -0.146. The number of benzene rings is 1. The van der Waals surface area contributed by atoms with Gasteiger partial charge >= 0.3 is 25.2 Å². The Hall–Kier alpha value is -2.03. The molecule has 0 aliphatic carbocycles. The van der Waals surface area contributed by atoms with Crippen LogP contribution in [0, 0.1) is 0 Å². The molecule has 1 heterocycles. The smallest absolute Gasteiger partial charge is 0.494 e. The van der Waals surface area contributed by atoms with Crippen LogP contribution in [0.3, 0.4) is 0 Å². The van der Waals surface area contributed by atoms with Crippen molar-refractivity contribution in [1.82, 2.24) is 4.90 Å². The van der Waals surface area contributed by atoms with Crippen molar-refractivity contribution < 1.29 is 32.1 Å². The molecule has 0 radical (unpaired) electrons. The topological polar surface area (TPSA) is 55.8 Å². The van der Waals surface area contributed by atoms with Crippen molar-refractivity contribution in [2.45, 2.75) is 6.18 Å². The van der Waals surface area contributed by atoms with E-state index in [1.54, 1.807) is 0 Å². The Morgan fingerprint density at radius 3 is 2.14 bits per heavy atom. The third-order valence-electron chi connectivity index (χ3n) is 2.80. The van der Waals surface area contributed by atoms with Gasteiger partial charge < -0.3 is 9.31 Å². The molecule has 0 unspecified atom stereocenters. The lowest BCUT2D eigenvalue weighted by Gasteiger charge is -2.24. The number of hydrogen-bond donors (Lipinski definition) is 0. The normalized spacial score (nSPS) is 17.8. The molecular weight excluding hydrogens is 290 g/mol. The zero-order chi connectivity index (χ0) is 15.6. The van der Waals surface area contributed by atoms with E-state index in [4.69, 9.17) is 9.31 Å². The summed E-state index contributed by atoms with van der Waals surface area (Å²) in [5.41, 5.74) is -1.42. The molecule has 21 heavy (non-hydrogen) atoms. The van der Waals surface area contributed by atoms with Crippen LogP contribution in [0.25, 0.3) is 0 Å². The molecule has 0 aromatic heterocycles. The van der Waals surface area contributed by atoms with Crippen LogP contribution in [0.5, 0.6) is 0 Å². The Balaban J connectivity index is 2.36. The molecule has 1 aliphatic heterocycles. The Bertz CT molecular complexity index is 544. The van der Waals surface area contributed by atoms with Crippen molar-refractivity contribution in [2.75, 3.05) is 20.1 Å². The Morgan fingerprint density at radius 1 is 1.10 bits per heavy atom. The van der Waals surface area contributed by atoms with Crippen LogP contribution in [0.4, 0.5) is 13.2 Å². The maximum atomic E-state index is 13.0. The van der Waals surface area contributed by atoms with Gasteiger partial charge in [-0.15, -0.1) is 0 Å². The van der Waals surface area contributed by atoms with E-state index in [0.29, 0.717) is 0 Å². The van der Waals surface area contributed by atoms with Crippen molar-refractivity contribution in [1.29, 1.82) is 0 Å². The molecule has 0 N–H and O–H groups in total. The van der Waals surface area contributed by atoms with E-state index in [0.717, 1.165) is 12.1 Å². The number of rotatable bonds is 1. The van der Waals surface area contributed by atoms with Gasteiger partial charge in [0.05, 0.1) is 18.7 Å². The SMILES string of the molecule is CN1CC(=O)OB(c2ccccc2C(F)(F)F)OC(=O)C1. The van der Waals surface area contributed by atoms with Gasteiger partial charge in [0.15, 0.2) is 0 Å². The third kappa shape index (κ3) is 3.75. The van der Waals surface area contributed by atoms with E-state index in [1.165, 1.54) is 24.1 Å². The monoisotopic (exact) mass is 301 g/mol. The van der Waals surface area contributed by atoms with Crippen LogP contribution < -0.4 is 5.46 Å². The van der Waals surface area contributed by atoms with Gasteiger partial charge in [-0.3, -0.25) is 14.5 Å². The second-order valence-corrected chi connectivity index (χ2v) is 4.57. The highest BCUT2D eigenvalue weighted by atomic mass is 19.4. The molecule has 5 nitrogen and oxygen atoms in total. The average Bonchev–Trinajstić information content (AvgIpc) is 2.35. The van der Waals surface area contributed by atoms with Crippen molar-refractivity contribution in [3.63, 3.8) is 0 Å². The molecule has 1 aromatic carbocycles. The van der Waals surface area contributed by atoms with Crippen LogP contribution >= 0.6 is 0 Å². The molecule has 1 aromatic rings. The maximum absolute atomic E-state index is 13.0. The highest BCUT2D eigenvalue weighted by molar-refractivity contribution is 6.65. The second kappa shape index (κ2) is 5.76. The molecule has 9 heteroatoms. The summed E-state index contributed by atoms with van der Waals surface area (Å²) in [4.78, 5) is 24.5. The van der Waals surface area contributed by atoms with Crippen molar-refractivity contribution in [3.8, 4) is 0 Å². The fraction of sp³-hybridized carbons (Fsp3) is 0.333. The number of likely N-dealkylation sites (N-methyl/N-ethyl adjacent to an activating group) is 1. The van der Waals surface area contributed by atoms with Crippen molar-refractivity contribution in [2.24, 2.45) is 0 Å². The molecule has 0 bridgehead atoms. The van der Waals surface area contributed by atoms with Crippen LogP contribution in [0.2, 0.25) is 0 Å². The minimum absolute atomic E-state index is 0.209. The predicted molar refractivity (Wildman–Crippen MR) is 66.5 cm³/mol. The fourth-order valence-electron chi connectivity index (χ4n) is 1.92. The van der Waals surface area contributed by atoms with Crippen molar-refractivity contribution >= 4 is 24.5 Å². The summed E-state index contributed by atoms with van der Waals surface area (Å²) in [6.07, 6.45) is -4.64. The van der Waals surface area contributed by atoms with Gasteiger partial charge in [0, 0.05) is 5.46 Å². The van der Waals surface area contributed by atoms with Crippen molar-refractivity contribution in [3.05, 3.63) is 29.8 Å². The summed E-state index contributed by atoms with van der Waals surface area (Å²) in [5.74, 6) is -1.54. The van der Waals surface area contributed by atoms with E-state index in [9.17, 15) is 22.8 Å². The van der Waals surface area contributed by atoms with Gasteiger partial charge in [-0.1, -0.05) is 24.3 Å². The predicted octanol–water partition coefficient (Wildman–Crippen LogP) is 0.432. The Morgan fingerprint density at radius 2 is 1.62 bits per heavy atom. The fourth-order valence-corrected chi connectivity index (χ4v) is 1.92. The van der Waals surface area contributed by atoms with E-state index >= 15 is 0 Å². The molecule has 0 amide bonds. The van der Waals surface area contributed by atoms with E-state index in [1.807, 2.05) is 0 Å². The van der Waals surface area contributed by atoms with Gasteiger partial charge in [-0.2, -0.15) is 13.2 Å². The van der Waals surface area contributed by atoms with Crippen LogP contribution in [0.1, 0.15) is 5.56 Å². The molecule has 112 valence electrons. The first-order valence-corrected chi connectivity index (χ1v) is 6.01. The van der Waals surface area contributed by atoms with Crippen LogP contribution in [-0.4, -0.2) is 44.1 Å². The average molecular weight is 301 g/mol. The zero-order valence-corrected chi connectivity index (χ0v) is 11.0. The second-order valence-electron chi connectivity index (χ2n) is 4.57. The van der Waals surface area contributed by atoms with Crippen LogP contribution in [0.15, 0.2) is 24.3 Å². The molecule has 0 spiro atoms. The molecule has 2 rings (SSSR count). The Kier molecular flexibility index (Phi) is 4.22. The zero-order valence-electron chi connectivity index (χ0n) is 11.0. The molecule has 0 atom stereocenters. The van der Waals surface area contributed by atoms with E-state index < -0.39 is 36.3 Å². The number of alkyl halides is 3. The summed E-state index contributed by atoms with van der Waals surface area (Å²) in [6.45, 7) is -0.417. The summed E-state index contributed by atoms with van der Waals surface area (Å²) in [7, 11) is -0.205. The number of halogens is 3. The highest BCUT2D eigenvalue weighted by Crippen LogP contribution is 2.28.